The standard InChI is InChI=1S/C18H13Cl4N3O3/c1-18(10-6-5-9(19)7-13(10)22)16(27)25(17(28)24-18)8-14(26)23-15-11(20)3-2-4-12(15)21/h2-7H,8H2,1H3,(H,23,26)(H,24,28). The largest absolute Gasteiger partial charge is 0.325 e. The first kappa shape index (κ1) is 20.7. The molecule has 0 aromatic heterocycles. The van der Waals surface area contributed by atoms with Gasteiger partial charge in [-0.3, -0.25) is 14.5 Å². The molecule has 4 amide bonds. The number of urea groups is 1. The summed E-state index contributed by atoms with van der Waals surface area (Å²) in [5.41, 5.74) is -0.860. The lowest BCUT2D eigenvalue weighted by atomic mass is 9.92. The van der Waals surface area contributed by atoms with Gasteiger partial charge in [0.15, 0.2) is 0 Å². The average Bonchev–Trinajstić information content (AvgIpc) is 2.82. The lowest BCUT2D eigenvalue weighted by Crippen LogP contribution is -2.42. The summed E-state index contributed by atoms with van der Waals surface area (Å²) >= 11 is 24.1. The first-order valence-corrected chi connectivity index (χ1v) is 9.48. The maximum atomic E-state index is 12.9. The van der Waals surface area contributed by atoms with E-state index in [1.807, 2.05) is 0 Å². The molecule has 10 heteroatoms. The number of para-hydroxylation sites is 1. The Morgan fingerprint density at radius 1 is 1.07 bits per heavy atom. The summed E-state index contributed by atoms with van der Waals surface area (Å²) in [5, 5.41) is 6.16. The van der Waals surface area contributed by atoms with Gasteiger partial charge in [-0.15, -0.1) is 0 Å². The normalized spacial score (nSPS) is 19.0. The van der Waals surface area contributed by atoms with Gasteiger partial charge in [0, 0.05) is 15.6 Å². The molecule has 2 aromatic rings. The maximum absolute atomic E-state index is 12.9. The number of halogens is 4. The molecule has 2 aromatic carbocycles. The highest BCUT2D eigenvalue weighted by atomic mass is 35.5. The van der Waals surface area contributed by atoms with Crippen LogP contribution in [0.15, 0.2) is 36.4 Å². The van der Waals surface area contributed by atoms with Crippen molar-refractivity contribution in [2.45, 2.75) is 12.5 Å². The van der Waals surface area contributed by atoms with Gasteiger partial charge in [0.1, 0.15) is 12.1 Å². The number of nitrogens with zero attached hydrogens (tertiary/aromatic N) is 1. The van der Waals surface area contributed by atoms with Crippen molar-refractivity contribution in [1.29, 1.82) is 0 Å². The molecule has 1 aliphatic rings. The van der Waals surface area contributed by atoms with Crippen molar-refractivity contribution in [2.24, 2.45) is 0 Å². The molecule has 0 aliphatic carbocycles. The Morgan fingerprint density at radius 2 is 1.71 bits per heavy atom. The van der Waals surface area contributed by atoms with Gasteiger partial charge in [-0.1, -0.05) is 58.5 Å². The van der Waals surface area contributed by atoms with Crippen LogP contribution in [0, 0.1) is 0 Å². The average molecular weight is 461 g/mol. The van der Waals surface area contributed by atoms with Gasteiger partial charge >= 0.3 is 6.03 Å². The third kappa shape index (κ3) is 3.78. The van der Waals surface area contributed by atoms with E-state index >= 15 is 0 Å². The van der Waals surface area contributed by atoms with Crippen molar-refractivity contribution < 1.29 is 14.4 Å². The Hall–Kier alpha value is -1.99. The minimum atomic E-state index is -1.43. The molecule has 0 spiro atoms. The number of imide groups is 1. The van der Waals surface area contributed by atoms with E-state index in [1.165, 1.54) is 13.0 Å². The van der Waals surface area contributed by atoms with Gasteiger partial charge < -0.3 is 10.6 Å². The van der Waals surface area contributed by atoms with E-state index in [2.05, 4.69) is 10.6 Å². The zero-order valence-corrected chi connectivity index (χ0v) is 17.4. The molecule has 1 saturated heterocycles. The van der Waals surface area contributed by atoms with Gasteiger partial charge in [-0.25, -0.2) is 4.79 Å². The maximum Gasteiger partial charge on any atom is 0.325 e. The number of amides is 4. The predicted octanol–water partition coefficient (Wildman–Crippen LogP) is 4.71. The molecule has 0 saturated carbocycles. The van der Waals surface area contributed by atoms with Gasteiger partial charge in [0.25, 0.3) is 5.91 Å². The highest BCUT2D eigenvalue weighted by Gasteiger charge is 2.50. The van der Waals surface area contributed by atoms with Gasteiger partial charge in [-0.2, -0.15) is 0 Å². The fourth-order valence-corrected chi connectivity index (χ4v) is 3.95. The monoisotopic (exact) mass is 459 g/mol. The van der Waals surface area contributed by atoms with Crippen LogP contribution < -0.4 is 10.6 Å². The lowest BCUT2D eigenvalue weighted by Gasteiger charge is -2.23. The van der Waals surface area contributed by atoms with E-state index in [1.54, 1.807) is 30.3 Å². The second-order valence-electron chi connectivity index (χ2n) is 6.22. The van der Waals surface area contributed by atoms with E-state index in [4.69, 9.17) is 46.4 Å². The van der Waals surface area contributed by atoms with Crippen molar-refractivity contribution in [3.63, 3.8) is 0 Å². The SMILES string of the molecule is CC1(c2ccc(Cl)cc2Cl)NC(=O)N(CC(=O)Nc2c(Cl)cccc2Cl)C1=O. The fourth-order valence-electron chi connectivity index (χ4n) is 2.86. The molecule has 1 unspecified atom stereocenters. The fraction of sp³-hybridized carbons (Fsp3) is 0.167. The van der Waals surface area contributed by atoms with Gasteiger partial charge in [-0.05, 0) is 31.2 Å². The third-order valence-electron chi connectivity index (χ3n) is 4.27. The van der Waals surface area contributed by atoms with E-state index in [0.29, 0.717) is 10.6 Å². The number of hydrogen-bond donors (Lipinski definition) is 2. The Bertz CT molecular complexity index is 978. The summed E-state index contributed by atoms with van der Waals surface area (Å²) < 4.78 is 0. The summed E-state index contributed by atoms with van der Waals surface area (Å²) in [6.07, 6.45) is 0. The van der Waals surface area contributed by atoms with Crippen molar-refractivity contribution >= 4 is 69.9 Å². The highest BCUT2D eigenvalue weighted by Crippen LogP contribution is 2.35. The van der Waals surface area contributed by atoms with Crippen LogP contribution >= 0.6 is 46.4 Å². The molecule has 146 valence electrons. The molecular formula is C18H13Cl4N3O3. The van der Waals surface area contributed by atoms with Crippen LogP contribution in [0.3, 0.4) is 0 Å². The number of anilines is 1. The minimum Gasteiger partial charge on any atom is -0.322 e. The molecule has 2 N–H and O–H groups in total. The van der Waals surface area contributed by atoms with Crippen molar-refractivity contribution in [3.8, 4) is 0 Å². The van der Waals surface area contributed by atoms with E-state index in [-0.39, 0.29) is 20.8 Å². The Morgan fingerprint density at radius 3 is 2.32 bits per heavy atom. The van der Waals surface area contributed by atoms with E-state index < -0.39 is 29.9 Å². The second kappa shape index (κ2) is 7.79. The van der Waals surface area contributed by atoms with Crippen LogP contribution in [0.2, 0.25) is 20.1 Å². The van der Waals surface area contributed by atoms with Crippen LogP contribution in [0.25, 0.3) is 0 Å². The molecule has 1 heterocycles. The molecular weight excluding hydrogens is 448 g/mol. The number of carbonyl (C=O) groups is 3. The Labute approximate surface area is 180 Å². The number of benzene rings is 2. The molecule has 6 nitrogen and oxygen atoms in total. The first-order chi connectivity index (χ1) is 13.1. The summed E-state index contributed by atoms with van der Waals surface area (Å²) in [6, 6.07) is 8.58. The number of hydrogen-bond acceptors (Lipinski definition) is 3. The zero-order chi connectivity index (χ0) is 20.6. The van der Waals surface area contributed by atoms with Crippen molar-refractivity contribution in [1.82, 2.24) is 10.2 Å². The second-order valence-corrected chi connectivity index (χ2v) is 7.87. The predicted molar refractivity (Wildman–Crippen MR) is 109 cm³/mol. The lowest BCUT2D eigenvalue weighted by molar-refractivity contribution is -0.133. The summed E-state index contributed by atoms with van der Waals surface area (Å²) in [7, 11) is 0. The summed E-state index contributed by atoms with van der Waals surface area (Å²) in [4.78, 5) is 38.5. The van der Waals surface area contributed by atoms with Crippen molar-refractivity contribution in [3.05, 3.63) is 62.1 Å². The van der Waals surface area contributed by atoms with Crippen LogP contribution in [0.4, 0.5) is 10.5 Å². The molecule has 0 radical (unpaired) electrons. The Kier molecular flexibility index (Phi) is 5.77. The summed E-state index contributed by atoms with van der Waals surface area (Å²) in [5.74, 6) is -1.26. The van der Waals surface area contributed by atoms with Gasteiger partial charge in [0.2, 0.25) is 5.91 Å². The van der Waals surface area contributed by atoms with E-state index in [9.17, 15) is 14.4 Å². The molecule has 1 aliphatic heterocycles. The third-order valence-corrected chi connectivity index (χ3v) is 5.45. The quantitative estimate of drug-likeness (QED) is 0.648. The molecule has 1 atom stereocenters. The van der Waals surface area contributed by atoms with Gasteiger partial charge in [0.05, 0.1) is 15.7 Å². The first-order valence-electron chi connectivity index (χ1n) is 7.97. The molecule has 28 heavy (non-hydrogen) atoms. The smallest absolute Gasteiger partial charge is 0.322 e. The van der Waals surface area contributed by atoms with Crippen LogP contribution in [-0.2, 0) is 15.1 Å². The summed E-state index contributed by atoms with van der Waals surface area (Å²) in [6.45, 7) is 0.984. The Balaban J connectivity index is 1.81. The number of nitrogens with one attached hydrogen (secondary N) is 2. The minimum absolute atomic E-state index is 0.200. The zero-order valence-electron chi connectivity index (χ0n) is 14.4. The molecule has 0 bridgehead atoms. The van der Waals surface area contributed by atoms with Crippen LogP contribution in [0.1, 0.15) is 12.5 Å². The topological polar surface area (TPSA) is 78.5 Å². The van der Waals surface area contributed by atoms with Crippen LogP contribution in [0.5, 0.6) is 0 Å². The molecule has 3 rings (SSSR count). The highest BCUT2D eigenvalue weighted by molar-refractivity contribution is 6.39. The molecule has 1 fully saturated rings. The van der Waals surface area contributed by atoms with Crippen molar-refractivity contribution in [2.75, 3.05) is 11.9 Å². The number of rotatable bonds is 4. The number of carbonyl (C=O) groups excluding carboxylic acids is 3. The van der Waals surface area contributed by atoms with E-state index in [0.717, 1.165) is 4.90 Å². The van der Waals surface area contributed by atoms with Crippen LogP contribution in [-0.4, -0.2) is 29.3 Å².